The van der Waals surface area contributed by atoms with Gasteiger partial charge in [-0.3, -0.25) is 9.11 Å². The van der Waals surface area contributed by atoms with Crippen LogP contribution in [0.25, 0.3) is 22.5 Å². The van der Waals surface area contributed by atoms with Gasteiger partial charge in [0.25, 0.3) is 20.2 Å². The Labute approximate surface area is 462 Å². The van der Waals surface area contributed by atoms with Crippen LogP contribution in [0.5, 0.6) is 11.5 Å². The molecule has 3 heterocycles. The second kappa shape index (κ2) is 25.2. The quantitative estimate of drug-likeness (QED) is 0.0226. The van der Waals surface area contributed by atoms with Crippen LogP contribution in [-0.2, 0) is 20.2 Å². The number of aromatic nitrogens is 5. The van der Waals surface area contributed by atoms with Gasteiger partial charge < -0.3 is 35.0 Å². The summed E-state index contributed by atoms with van der Waals surface area (Å²) < 4.78 is 88.8. The summed E-state index contributed by atoms with van der Waals surface area (Å²) in [5.41, 5.74) is 3.93. The predicted molar refractivity (Wildman–Crippen MR) is 299 cm³/mol. The summed E-state index contributed by atoms with van der Waals surface area (Å²) in [6, 6.07) is 19.7. The van der Waals surface area contributed by atoms with E-state index < -0.39 is 20.2 Å². The standard InChI is InChI=1S/C49H51N15O9S5/c1-9-63(10-2)37-21-33(35(23-39(37)72-7)57-59-45-31(25-50)43(61-75-45)29-15-13-27(5)41(19-29)77(66,67)68)52-47-54-48(56-49(55-47)74-18-17-65)53-34-22-38(64(11-3)12-4)40(73-8)24-36(34)58-60-46-32(26-51)44(62-76-46)30-16-14-28(6)42(20-30)78(69,70)71/h13-16,19-24,65H,9-12,17-18H2,1-8H3,(H,66,67,68)(H,69,70,71)(H2,52,53,54,55,56). The van der Waals surface area contributed by atoms with E-state index in [1.165, 1.54) is 52.3 Å². The van der Waals surface area contributed by atoms with E-state index in [2.05, 4.69) is 71.7 Å². The first kappa shape index (κ1) is 58.0. The Balaban J connectivity index is 1.33. The van der Waals surface area contributed by atoms with Gasteiger partial charge in [-0.05, 0) is 100.0 Å². The fraction of sp³-hybridized carbons (Fsp3) is 0.286. The minimum atomic E-state index is -4.58. The molecule has 0 atom stereocenters. The van der Waals surface area contributed by atoms with Gasteiger partial charge in [0.15, 0.2) is 15.2 Å². The van der Waals surface area contributed by atoms with Crippen molar-refractivity contribution in [3.63, 3.8) is 0 Å². The van der Waals surface area contributed by atoms with Gasteiger partial charge in [-0.25, -0.2) is 0 Å². The molecule has 78 heavy (non-hydrogen) atoms. The highest BCUT2D eigenvalue weighted by atomic mass is 32.2. The summed E-state index contributed by atoms with van der Waals surface area (Å²) in [6.45, 7) is 13.2. The molecule has 0 aliphatic rings. The molecule has 4 aromatic carbocycles. The average molecular weight is 1150 g/mol. The van der Waals surface area contributed by atoms with Gasteiger partial charge >= 0.3 is 0 Å². The summed E-state index contributed by atoms with van der Waals surface area (Å²) in [5.74, 6) is 1.16. The molecule has 0 aliphatic carbocycles. The normalized spacial score (nSPS) is 11.7. The number of azo groups is 2. The Morgan fingerprint density at radius 3 is 1.40 bits per heavy atom. The fourth-order valence-corrected chi connectivity index (χ4v) is 11.3. The lowest BCUT2D eigenvalue weighted by Gasteiger charge is -2.25. The second-order valence-electron chi connectivity index (χ2n) is 16.5. The maximum absolute atomic E-state index is 12.1. The van der Waals surface area contributed by atoms with Gasteiger partial charge in [0.1, 0.15) is 57.5 Å². The van der Waals surface area contributed by atoms with Gasteiger partial charge in [0.05, 0.1) is 53.4 Å². The van der Waals surface area contributed by atoms with Crippen LogP contribution in [0.4, 0.5) is 56.0 Å². The summed E-state index contributed by atoms with van der Waals surface area (Å²) in [6.07, 6.45) is 0. The number of nitrogens with zero attached hydrogens (tertiary/aromatic N) is 13. The fourth-order valence-electron chi connectivity index (χ4n) is 7.89. The van der Waals surface area contributed by atoms with Crippen LogP contribution in [0.1, 0.15) is 49.9 Å². The van der Waals surface area contributed by atoms with Gasteiger partial charge in [0.2, 0.25) is 11.9 Å². The molecule has 7 aromatic rings. The van der Waals surface area contributed by atoms with E-state index >= 15 is 0 Å². The maximum Gasteiger partial charge on any atom is 0.294 e. The first-order valence-corrected chi connectivity index (χ1v) is 29.0. The zero-order valence-corrected chi connectivity index (χ0v) is 47.2. The highest BCUT2D eigenvalue weighted by Crippen LogP contribution is 2.45. The minimum absolute atomic E-state index is 0.0110. The van der Waals surface area contributed by atoms with E-state index in [0.29, 0.717) is 71.6 Å². The largest absolute Gasteiger partial charge is 0.494 e. The van der Waals surface area contributed by atoms with Crippen molar-refractivity contribution < 1.29 is 40.5 Å². The molecule has 7 rings (SSSR count). The van der Waals surface area contributed by atoms with Crippen LogP contribution in [0.2, 0.25) is 0 Å². The maximum atomic E-state index is 12.1. The SMILES string of the molecule is CCN(CC)c1cc(Nc2nc(Nc3cc(N(CC)CC)c(OC)cc3N=Nc3snc(-c4ccc(C)c(S(=O)(=O)O)c4)c3C#N)nc(SCCO)n2)c(N=Nc2snc(-c3ccc(C)c(S(=O)(=O)O)c3)c2C#N)cc1OC. The third kappa shape index (κ3) is 13.0. The van der Waals surface area contributed by atoms with E-state index in [9.17, 15) is 41.6 Å². The van der Waals surface area contributed by atoms with E-state index in [1.807, 2.05) is 27.7 Å². The minimum Gasteiger partial charge on any atom is -0.494 e. The number of thioether (sulfide) groups is 1. The molecule has 3 aromatic heterocycles. The molecule has 0 radical (unpaired) electrons. The van der Waals surface area contributed by atoms with Crippen LogP contribution in [0, 0.1) is 36.5 Å². The van der Waals surface area contributed by atoms with Crippen molar-refractivity contribution in [3.8, 4) is 46.2 Å². The predicted octanol–water partition coefficient (Wildman–Crippen LogP) is 11.1. The van der Waals surface area contributed by atoms with Gasteiger partial charge in [-0.2, -0.15) is 51.1 Å². The molecule has 0 spiro atoms. The topological polar surface area (TPSA) is 339 Å². The number of methoxy groups -OCH3 is 2. The molecule has 0 saturated heterocycles. The van der Waals surface area contributed by atoms with Crippen LogP contribution >= 0.6 is 34.8 Å². The molecule has 24 nitrogen and oxygen atoms in total. The lowest BCUT2D eigenvalue weighted by molar-refractivity contribution is 0.322. The molecule has 0 bridgehead atoms. The van der Waals surface area contributed by atoms with Crippen molar-refractivity contribution in [2.45, 2.75) is 56.5 Å². The lowest BCUT2D eigenvalue weighted by Crippen LogP contribution is -2.22. The van der Waals surface area contributed by atoms with Crippen molar-refractivity contribution >= 4 is 111 Å². The summed E-state index contributed by atoms with van der Waals surface area (Å²) in [7, 11) is -6.13. The number of anilines is 6. The number of aryl methyl sites for hydroxylation is 2. The van der Waals surface area contributed by atoms with E-state index in [0.717, 1.165) is 34.8 Å². The molecule has 0 amide bonds. The van der Waals surface area contributed by atoms with Crippen molar-refractivity contribution in [3.05, 3.63) is 82.9 Å². The average Bonchev–Trinajstić information content (AvgIpc) is 4.05. The Morgan fingerprint density at radius 1 is 0.641 bits per heavy atom. The van der Waals surface area contributed by atoms with Crippen molar-refractivity contribution in [2.24, 2.45) is 20.5 Å². The Morgan fingerprint density at radius 2 is 1.05 bits per heavy atom. The number of nitriles is 2. The molecular formula is C49H51N15O9S5. The Hall–Kier alpha value is -7.74. The summed E-state index contributed by atoms with van der Waals surface area (Å²) in [5, 5.41) is 55.5. The number of aliphatic hydroxyl groups is 1. The smallest absolute Gasteiger partial charge is 0.294 e. The third-order valence-corrected chi connectivity index (χ3v) is 16.1. The van der Waals surface area contributed by atoms with Gasteiger partial charge in [0, 0.05) is 55.2 Å². The third-order valence-electron chi connectivity index (χ3n) is 11.8. The van der Waals surface area contributed by atoms with Crippen molar-refractivity contribution in [2.75, 3.05) is 73.2 Å². The van der Waals surface area contributed by atoms with E-state index in [-0.39, 0.29) is 94.2 Å². The molecule has 0 aliphatic heterocycles. The first-order chi connectivity index (χ1) is 37.3. The Kier molecular flexibility index (Phi) is 18.7. The molecule has 0 unspecified atom stereocenters. The number of hydrogen-bond donors (Lipinski definition) is 5. The summed E-state index contributed by atoms with van der Waals surface area (Å²) in [4.78, 5) is 17.6. The zero-order chi connectivity index (χ0) is 56.5. The monoisotopic (exact) mass is 1150 g/mol. The van der Waals surface area contributed by atoms with Crippen molar-refractivity contribution in [1.29, 1.82) is 10.5 Å². The van der Waals surface area contributed by atoms with E-state index in [1.54, 1.807) is 36.4 Å². The van der Waals surface area contributed by atoms with Crippen LogP contribution in [0.15, 0.2) is 96.1 Å². The number of aliphatic hydroxyl groups excluding tert-OH is 1. The zero-order valence-electron chi connectivity index (χ0n) is 43.2. The summed E-state index contributed by atoms with van der Waals surface area (Å²) >= 11 is 2.87. The van der Waals surface area contributed by atoms with Crippen LogP contribution in [0.3, 0.4) is 0 Å². The number of ether oxygens (including phenoxy) is 2. The molecular weight excluding hydrogens is 1100 g/mol. The second-order valence-corrected chi connectivity index (χ2v) is 21.8. The molecule has 406 valence electrons. The Bertz CT molecular complexity index is 3520. The molecule has 5 N–H and O–H groups in total. The van der Waals surface area contributed by atoms with Crippen LogP contribution in [-0.4, -0.2) is 108 Å². The first-order valence-electron chi connectivity index (χ1n) is 23.6. The number of nitrogens with one attached hydrogen (secondary N) is 2. The highest BCUT2D eigenvalue weighted by Gasteiger charge is 2.24. The highest BCUT2D eigenvalue weighted by molar-refractivity contribution is 7.99. The lowest BCUT2D eigenvalue weighted by atomic mass is 10.1. The van der Waals surface area contributed by atoms with E-state index in [4.69, 9.17) is 14.5 Å². The van der Waals surface area contributed by atoms with Gasteiger partial charge in [-0.15, -0.1) is 20.5 Å². The van der Waals surface area contributed by atoms with Crippen molar-refractivity contribution in [1.82, 2.24) is 23.7 Å². The number of rotatable bonds is 23. The molecule has 0 saturated carbocycles. The van der Waals surface area contributed by atoms with Gasteiger partial charge in [-0.1, -0.05) is 36.0 Å². The number of benzene rings is 4. The molecule has 29 heteroatoms. The van der Waals surface area contributed by atoms with Crippen LogP contribution < -0.4 is 29.9 Å². The molecule has 0 fully saturated rings. The number of hydrogen-bond acceptors (Lipinski definition) is 25.